The van der Waals surface area contributed by atoms with Crippen molar-refractivity contribution in [3.8, 4) is 0 Å². The molecular weight excluding hydrogens is 576 g/mol. The maximum absolute atomic E-state index is 14.1. The minimum Gasteiger partial charge on any atom is -0.295 e. The molecular formula is C23H28ClF6N5O3S. The molecule has 0 atom stereocenters. The van der Waals surface area contributed by atoms with Crippen LogP contribution in [0.4, 0.5) is 26.3 Å². The van der Waals surface area contributed by atoms with Crippen molar-refractivity contribution in [1.29, 1.82) is 0 Å². The summed E-state index contributed by atoms with van der Waals surface area (Å²) in [6, 6.07) is 1.83. The lowest BCUT2D eigenvalue weighted by atomic mass is 9.74. The SMILES string of the molecule is Cl.Cn1cc(S(=O)(=O)N2CCN(C3(CCC(=O)c4ccc(F)cc4C(F)(F)F)CCC(F)(F)CC3)CC2)nn1. The van der Waals surface area contributed by atoms with Gasteiger partial charge in [0.1, 0.15) is 5.82 Å². The zero-order valence-electron chi connectivity index (χ0n) is 20.9. The van der Waals surface area contributed by atoms with E-state index in [9.17, 15) is 39.6 Å². The number of hydrogen-bond donors (Lipinski definition) is 0. The van der Waals surface area contributed by atoms with E-state index in [0.717, 1.165) is 12.1 Å². The second kappa shape index (κ2) is 11.3. The fourth-order valence-electron chi connectivity index (χ4n) is 5.26. The Labute approximate surface area is 227 Å². The van der Waals surface area contributed by atoms with Crippen molar-refractivity contribution in [2.24, 2.45) is 7.05 Å². The standard InChI is InChI=1S/C23H27F6N5O3S.ClH/c1-32-15-20(30-31-32)38(36,37)34-12-10-33(11-13-34)21(6-8-22(25,26)9-7-21)5-4-19(35)17-3-2-16(24)14-18(17)23(27,28)29;/h2-3,14-15H,4-13H2,1H3;1H. The number of piperazine rings is 1. The van der Waals surface area contributed by atoms with Crippen molar-refractivity contribution in [1.82, 2.24) is 24.2 Å². The molecule has 0 radical (unpaired) electrons. The largest absolute Gasteiger partial charge is 0.417 e. The molecule has 0 unspecified atom stereocenters. The highest BCUT2D eigenvalue weighted by Crippen LogP contribution is 2.45. The van der Waals surface area contributed by atoms with Gasteiger partial charge in [0, 0.05) is 63.6 Å². The number of alkyl halides is 5. The summed E-state index contributed by atoms with van der Waals surface area (Å²) in [5.41, 5.74) is -2.97. The third-order valence-electron chi connectivity index (χ3n) is 7.41. The molecule has 8 nitrogen and oxygen atoms in total. The zero-order valence-corrected chi connectivity index (χ0v) is 22.6. The highest BCUT2D eigenvalue weighted by molar-refractivity contribution is 7.89. The Hall–Kier alpha value is -2.23. The number of Topliss-reactive ketones (excluding diaryl/α,β-unsaturated/α-hetero) is 1. The van der Waals surface area contributed by atoms with Crippen molar-refractivity contribution in [2.45, 2.75) is 61.2 Å². The number of aryl methyl sites for hydroxylation is 1. The Kier molecular flexibility index (Phi) is 9.10. The molecule has 2 fully saturated rings. The number of benzene rings is 1. The fourth-order valence-corrected chi connectivity index (χ4v) is 6.59. The van der Waals surface area contributed by atoms with E-state index in [1.165, 1.54) is 22.2 Å². The van der Waals surface area contributed by atoms with E-state index in [1.54, 1.807) is 0 Å². The number of aromatic nitrogens is 3. The molecule has 2 heterocycles. The molecule has 39 heavy (non-hydrogen) atoms. The topological polar surface area (TPSA) is 88.4 Å². The van der Waals surface area contributed by atoms with Gasteiger partial charge in [0.05, 0.1) is 11.8 Å². The van der Waals surface area contributed by atoms with Crippen LogP contribution in [0.1, 0.15) is 54.4 Å². The van der Waals surface area contributed by atoms with Crippen LogP contribution >= 0.6 is 12.4 Å². The summed E-state index contributed by atoms with van der Waals surface area (Å²) in [7, 11) is -2.39. The van der Waals surface area contributed by atoms with E-state index < -0.39 is 63.2 Å². The van der Waals surface area contributed by atoms with Gasteiger partial charge in [-0.2, -0.15) is 17.5 Å². The predicted molar refractivity (Wildman–Crippen MR) is 130 cm³/mol. The number of hydrogen-bond acceptors (Lipinski definition) is 6. The first-order valence-corrected chi connectivity index (χ1v) is 13.5. The molecule has 16 heteroatoms. The molecule has 0 spiro atoms. The van der Waals surface area contributed by atoms with Crippen LogP contribution in [0.15, 0.2) is 29.4 Å². The minimum atomic E-state index is -4.94. The van der Waals surface area contributed by atoms with Crippen LogP contribution in [0, 0.1) is 5.82 Å². The van der Waals surface area contributed by atoms with Crippen LogP contribution in [-0.2, 0) is 23.2 Å². The van der Waals surface area contributed by atoms with Crippen molar-refractivity contribution in [3.05, 3.63) is 41.3 Å². The van der Waals surface area contributed by atoms with Gasteiger partial charge in [-0.15, -0.1) is 17.5 Å². The number of carbonyl (C=O) groups is 1. The second-order valence-corrected chi connectivity index (χ2v) is 11.7. The first kappa shape index (κ1) is 31.3. The van der Waals surface area contributed by atoms with Gasteiger partial charge in [-0.25, -0.2) is 21.6 Å². The summed E-state index contributed by atoms with van der Waals surface area (Å²) < 4.78 is 110. The van der Waals surface area contributed by atoms with Crippen molar-refractivity contribution in [2.75, 3.05) is 26.2 Å². The number of halogens is 7. The van der Waals surface area contributed by atoms with E-state index in [2.05, 4.69) is 10.3 Å². The van der Waals surface area contributed by atoms with Crippen LogP contribution in [0.3, 0.4) is 0 Å². The highest BCUT2D eigenvalue weighted by Gasteiger charge is 2.48. The molecule has 0 N–H and O–H groups in total. The van der Waals surface area contributed by atoms with E-state index in [-0.39, 0.29) is 75.4 Å². The summed E-state index contributed by atoms with van der Waals surface area (Å²) in [6.07, 6.45) is -4.94. The molecule has 1 saturated carbocycles. The maximum Gasteiger partial charge on any atom is 0.417 e. The van der Waals surface area contributed by atoms with Gasteiger partial charge >= 0.3 is 6.18 Å². The van der Waals surface area contributed by atoms with Crippen LogP contribution in [0.25, 0.3) is 0 Å². The quantitative estimate of drug-likeness (QED) is 0.346. The summed E-state index contributed by atoms with van der Waals surface area (Å²) in [5, 5.41) is 7.08. The number of rotatable bonds is 7. The first-order chi connectivity index (χ1) is 17.6. The van der Waals surface area contributed by atoms with Crippen molar-refractivity contribution < 1.29 is 39.6 Å². The molecule has 1 aliphatic heterocycles. The molecule has 2 aliphatic rings. The summed E-state index contributed by atoms with van der Waals surface area (Å²) >= 11 is 0. The van der Waals surface area contributed by atoms with E-state index in [1.807, 2.05) is 4.90 Å². The van der Waals surface area contributed by atoms with Crippen LogP contribution in [0.2, 0.25) is 0 Å². The molecule has 1 saturated heterocycles. The van der Waals surface area contributed by atoms with Gasteiger partial charge < -0.3 is 0 Å². The van der Waals surface area contributed by atoms with Crippen molar-refractivity contribution in [3.63, 3.8) is 0 Å². The van der Waals surface area contributed by atoms with Crippen molar-refractivity contribution >= 4 is 28.2 Å². The zero-order chi connectivity index (χ0) is 27.9. The molecule has 1 aromatic heterocycles. The molecule has 0 bridgehead atoms. The van der Waals surface area contributed by atoms with Gasteiger partial charge in [-0.05, 0) is 37.5 Å². The maximum atomic E-state index is 14.1. The Bertz CT molecular complexity index is 1290. The number of carbonyl (C=O) groups excluding carboxylic acids is 1. The van der Waals surface area contributed by atoms with Crippen LogP contribution in [0.5, 0.6) is 0 Å². The summed E-state index contributed by atoms with van der Waals surface area (Å²) in [4.78, 5) is 14.7. The van der Waals surface area contributed by atoms with E-state index in [0.29, 0.717) is 0 Å². The van der Waals surface area contributed by atoms with Crippen LogP contribution in [-0.4, -0.2) is 76.0 Å². The van der Waals surface area contributed by atoms with Gasteiger partial charge in [0.2, 0.25) is 10.9 Å². The smallest absolute Gasteiger partial charge is 0.295 e. The Morgan fingerprint density at radius 1 is 1.05 bits per heavy atom. The molecule has 4 rings (SSSR count). The summed E-state index contributed by atoms with van der Waals surface area (Å²) in [6.45, 7) is 0.454. The van der Waals surface area contributed by atoms with Gasteiger partial charge in [0.25, 0.3) is 10.0 Å². The molecule has 2 aromatic rings. The lowest BCUT2D eigenvalue weighted by molar-refractivity contribution is -0.138. The number of sulfonamides is 1. The Morgan fingerprint density at radius 3 is 2.21 bits per heavy atom. The van der Waals surface area contributed by atoms with E-state index >= 15 is 0 Å². The lowest BCUT2D eigenvalue weighted by Crippen LogP contribution is -2.59. The Morgan fingerprint density at radius 2 is 1.67 bits per heavy atom. The lowest BCUT2D eigenvalue weighted by Gasteiger charge is -2.50. The van der Waals surface area contributed by atoms with Gasteiger partial charge in [0.15, 0.2) is 5.78 Å². The average molecular weight is 604 g/mol. The van der Waals surface area contributed by atoms with E-state index in [4.69, 9.17) is 0 Å². The van der Waals surface area contributed by atoms with Gasteiger partial charge in [-0.3, -0.25) is 14.4 Å². The molecule has 1 aromatic carbocycles. The molecule has 218 valence electrons. The highest BCUT2D eigenvalue weighted by atomic mass is 35.5. The predicted octanol–water partition coefficient (Wildman–Crippen LogP) is 4.31. The Balaban J connectivity index is 0.00000420. The first-order valence-electron chi connectivity index (χ1n) is 12.0. The normalized spacial score (nSPS) is 20.4. The monoisotopic (exact) mass is 603 g/mol. The fraction of sp³-hybridized carbons (Fsp3) is 0.609. The number of ketones is 1. The summed E-state index contributed by atoms with van der Waals surface area (Å²) in [5.74, 6) is -4.89. The third-order valence-corrected chi connectivity index (χ3v) is 9.17. The van der Waals surface area contributed by atoms with Crippen LogP contribution < -0.4 is 0 Å². The van der Waals surface area contributed by atoms with Gasteiger partial charge in [-0.1, -0.05) is 5.21 Å². The average Bonchev–Trinajstić information content (AvgIpc) is 3.30. The molecule has 1 aliphatic carbocycles. The number of nitrogens with zero attached hydrogens (tertiary/aromatic N) is 5. The minimum absolute atomic E-state index is 0. The molecule has 0 amide bonds. The second-order valence-electron chi connectivity index (χ2n) is 9.81. The third kappa shape index (κ3) is 6.74.